The second kappa shape index (κ2) is 2.71. The van der Waals surface area contributed by atoms with Crippen molar-refractivity contribution in [2.75, 3.05) is 13.7 Å². The standard InChI is InChI=1S/C8H14O4/c1-7(2)4-8(11-3,5-12-7)6(9)10/h4-5H2,1-3H3,(H,9,10). The lowest BCUT2D eigenvalue weighted by Crippen LogP contribution is -2.42. The van der Waals surface area contributed by atoms with Gasteiger partial charge in [0.1, 0.15) is 0 Å². The molecule has 1 aliphatic rings. The molecule has 0 aromatic heterocycles. The molecule has 0 radical (unpaired) electrons. The molecule has 1 rings (SSSR count). The minimum atomic E-state index is -1.14. The number of carboxylic acid groups (broad SMARTS) is 1. The van der Waals surface area contributed by atoms with E-state index in [9.17, 15) is 4.79 Å². The first-order valence-electron chi connectivity index (χ1n) is 3.84. The third-order valence-electron chi connectivity index (χ3n) is 2.19. The van der Waals surface area contributed by atoms with Crippen LogP contribution in [0.15, 0.2) is 0 Å². The summed E-state index contributed by atoms with van der Waals surface area (Å²) in [5.74, 6) is -0.949. The molecular formula is C8H14O4. The zero-order valence-electron chi connectivity index (χ0n) is 7.59. The van der Waals surface area contributed by atoms with E-state index in [0.29, 0.717) is 6.42 Å². The third-order valence-corrected chi connectivity index (χ3v) is 2.19. The molecule has 1 heterocycles. The van der Waals surface area contributed by atoms with Crippen LogP contribution in [0.2, 0.25) is 0 Å². The lowest BCUT2D eigenvalue weighted by Gasteiger charge is -2.21. The first-order valence-corrected chi connectivity index (χ1v) is 3.84. The van der Waals surface area contributed by atoms with Gasteiger partial charge in [-0.2, -0.15) is 0 Å². The number of hydrogen-bond donors (Lipinski definition) is 1. The van der Waals surface area contributed by atoms with Crippen LogP contribution in [0.25, 0.3) is 0 Å². The Labute approximate surface area is 71.5 Å². The number of ether oxygens (including phenoxy) is 2. The minimum absolute atomic E-state index is 0.131. The molecule has 1 fully saturated rings. The molecular weight excluding hydrogens is 160 g/mol. The van der Waals surface area contributed by atoms with Gasteiger partial charge in [0, 0.05) is 13.5 Å². The van der Waals surface area contributed by atoms with Gasteiger partial charge in [-0.1, -0.05) is 0 Å². The van der Waals surface area contributed by atoms with Crippen LogP contribution in [-0.4, -0.2) is 36.0 Å². The lowest BCUT2D eigenvalue weighted by atomic mass is 9.94. The van der Waals surface area contributed by atoms with E-state index in [0.717, 1.165) is 0 Å². The normalized spacial score (nSPS) is 33.6. The van der Waals surface area contributed by atoms with Crippen molar-refractivity contribution in [1.29, 1.82) is 0 Å². The summed E-state index contributed by atoms with van der Waals surface area (Å²) in [6.07, 6.45) is 0.395. The second-order valence-electron chi connectivity index (χ2n) is 3.73. The molecule has 12 heavy (non-hydrogen) atoms. The van der Waals surface area contributed by atoms with Gasteiger partial charge >= 0.3 is 5.97 Å². The highest BCUT2D eigenvalue weighted by atomic mass is 16.6. The zero-order chi connectivity index (χ0) is 9.41. The fourth-order valence-corrected chi connectivity index (χ4v) is 1.46. The molecule has 1 unspecified atom stereocenters. The molecule has 0 bridgehead atoms. The molecule has 1 saturated heterocycles. The Morgan fingerprint density at radius 3 is 2.33 bits per heavy atom. The fraction of sp³-hybridized carbons (Fsp3) is 0.875. The van der Waals surface area contributed by atoms with Crippen molar-refractivity contribution in [3.8, 4) is 0 Å². The highest BCUT2D eigenvalue weighted by Crippen LogP contribution is 2.34. The molecule has 0 aromatic carbocycles. The van der Waals surface area contributed by atoms with Gasteiger partial charge in [-0.25, -0.2) is 4.79 Å². The van der Waals surface area contributed by atoms with Crippen molar-refractivity contribution in [2.45, 2.75) is 31.5 Å². The van der Waals surface area contributed by atoms with Crippen molar-refractivity contribution in [2.24, 2.45) is 0 Å². The van der Waals surface area contributed by atoms with Gasteiger partial charge in [-0.15, -0.1) is 0 Å². The predicted octanol–water partition coefficient (Wildman–Crippen LogP) is 0.655. The topological polar surface area (TPSA) is 55.8 Å². The SMILES string of the molecule is COC1(C(=O)O)COC(C)(C)C1. The van der Waals surface area contributed by atoms with Crippen LogP contribution >= 0.6 is 0 Å². The summed E-state index contributed by atoms with van der Waals surface area (Å²) in [5, 5.41) is 8.89. The van der Waals surface area contributed by atoms with Crippen molar-refractivity contribution in [3.05, 3.63) is 0 Å². The molecule has 0 spiro atoms. The van der Waals surface area contributed by atoms with Crippen LogP contribution in [0.3, 0.4) is 0 Å². The quantitative estimate of drug-likeness (QED) is 0.668. The second-order valence-corrected chi connectivity index (χ2v) is 3.73. The van der Waals surface area contributed by atoms with Crippen molar-refractivity contribution < 1.29 is 19.4 Å². The van der Waals surface area contributed by atoms with Crippen LogP contribution in [0, 0.1) is 0 Å². The van der Waals surface area contributed by atoms with E-state index in [2.05, 4.69) is 0 Å². The van der Waals surface area contributed by atoms with E-state index in [1.165, 1.54) is 7.11 Å². The molecule has 1 atom stereocenters. The van der Waals surface area contributed by atoms with E-state index in [-0.39, 0.29) is 6.61 Å². The molecule has 0 aliphatic carbocycles. The van der Waals surface area contributed by atoms with Gasteiger partial charge in [0.15, 0.2) is 5.60 Å². The fourth-order valence-electron chi connectivity index (χ4n) is 1.46. The maximum absolute atomic E-state index is 10.8. The highest BCUT2D eigenvalue weighted by molar-refractivity contribution is 5.78. The summed E-state index contributed by atoms with van der Waals surface area (Å²) < 4.78 is 10.3. The summed E-state index contributed by atoms with van der Waals surface area (Å²) in [6, 6.07) is 0. The minimum Gasteiger partial charge on any atom is -0.479 e. The summed E-state index contributed by atoms with van der Waals surface area (Å²) in [4.78, 5) is 10.8. The van der Waals surface area contributed by atoms with Crippen molar-refractivity contribution in [1.82, 2.24) is 0 Å². The van der Waals surface area contributed by atoms with Gasteiger partial charge < -0.3 is 14.6 Å². The summed E-state index contributed by atoms with van der Waals surface area (Å²) in [6.45, 7) is 3.85. The number of rotatable bonds is 2. The largest absolute Gasteiger partial charge is 0.479 e. The van der Waals surface area contributed by atoms with E-state index >= 15 is 0 Å². The van der Waals surface area contributed by atoms with Gasteiger partial charge in [0.25, 0.3) is 0 Å². The molecule has 70 valence electrons. The summed E-state index contributed by atoms with van der Waals surface area (Å²) >= 11 is 0. The van der Waals surface area contributed by atoms with E-state index in [4.69, 9.17) is 14.6 Å². The molecule has 0 aromatic rings. The Morgan fingerprint density at radius 1 is 1.58 bits per heavy atom. The summed E-state index contributed by atoms with van der Waals surface area (Å²) in [7, 11) is 1.40. The zero-order valence-corrected chi connectivity index (χ0v) is 7.59. The maximum atomic E-state index is 10.8. The summed E-state index contributed by atoms with van der Waals surface area (Å²) in [5.41, 5.74) is -1.53. The number of methoxy groups -OCH3 is 1. The molecule has 1 N–H and O–H groups in total. The van der Waals surface area contributed by atoms with E-state index in [1.807, 2.05) is 13.8 Å². The average Bonchev–Trinajstić information content (AvgIpc) is 2.27. The van der Waals surface area contributed by atoms with Crippen molar-refractivity contribution >= 4 is 5.97 Å². The first kappa shape index (κ1) is 9.48. The van der Waals surface area contributed by atoms with Crippen LogP contribution in [0.5, 0.6) is 0 Å². The van der Waals surface area contributed by atoms with Gasteiger partial charge in [-0.05, 0) is 13.8 Å². The van der Waals surface area contributed by atoms with Crippen LogP contribution in [0.1, 0.15) is 20.3 Å². The van der Waals surface area contributed by atoms with E-state index in [1.54, 1.807) is 0 Å². The molecule has 0 saturated carbocycles. The Bertz CT molecular complexity index is 199. The predicted molar refractivity (Wildman–Crippen MR) is 42.0 cm³/mol. The monoisotopic (exact) mass is 174 g/mol. The number of hydrogen-bond acceptors (Lipinski definition) is 3. The van der Waals surface area contributed by atoms with Gasteiger partial charge in [-0.3, -0.25) is 0 Å². The molecule has 0 amide bonds. The molecule has 4 heteroatoms. The Hall–Kier alpha value is -0.610. The first-order chi connectivity index (χ1) is 5.42. The van der Waals surface area contributed by atoms with Gasteiger partial charge in [0.2, 0.25) is 0 Å². The smallest absolute Gasteiger partial charge is 0.338 e. The number of carboxylic acids is 1. The van der Waals surface area contributed by atoms with Crippen molar-refractivity contribution in [3.63, 3.8) is 0 Å². The molecule has 1 aliphatic heterocycles. The Balaban J connectivity index is 2.80. The lowest BCUT2D eigenvalue weighted by molar-refractivity contribution is -0.161. The Kier molecular flexibility index (Phi) is 2.14. The number of carbonyl (C=O) groups is 1. The molecule has 4 nitrogen and oxygen atoms in total. The van der Waals surface area contributed by atoms with Crippen LogP contribution in [-0.2, 0) is 14.3 Å². The van der Waals surface area contributed by atoms with Crippen LogP contribution in [0.4, 0.5) is 0 Å². The Morgan fingerprint density at radius 2 is 2.17 bits per heavy atom. The third kappa shape index (κ3) is 1.44. The number of aliphatic carboxylic acids is 1. The van der Waals surface area contributed by atoms with Crippen LogP contribution < -0.4 is 0 Å². The highest BCUT2D eigenvalue weighted by Gasteiger charge is 2.50. The van der Waals surface area contributed by atoms with Gasteiger partial charge in [0.05, 0.1) is 12.2 Å². The van der Waals surface area contributed by atoms with E-state index < -0.39 is 17.2 Å². The maximum Gasteiger partial charge on any atom is 0.338 e. The average molecular weight is 174 g/mol.